The number of nitrogens with one attached hydrogen (secondary N) is 1. The molecule has 0 spiro atoms. The molecule has 0 aliphatic heterocycles. The Hall–Kier alpha value is -1.78. The summed E-state index contributed by atoms with van der Waals surface area (Å²) < 4.78 is 4.58. The van der Waals surface area contributed by atoms with Crippen molar-refractivity contribution >= 4 is 11.9 Å². The third-order valence-corrected chi connectivity index (χ3v) is 2.17. The maximum Gasteiger partial charge on any atom is 0.354 e. The van der Waals surface area contributed by atoms with Gasteiger partial charge in [0.25, 0.3) is 5.91 Å². The molecule has 0 unspecified atom stereocenters. The molecular formula is C10H14N2O3. The topological polar surface area (TPSA) is 62.4 Å². The Morgan fingerprint density at radius 3 is 2.47 bits per heavy atom. The molecule has 0 aliphatic rings. The van der Waals surface area contributed by atoms with Gasteiger partial charge in [0.2, 0.25) is 0 Å². The highest BCUT2D eigenvalue weighted by atomic mass is 16.5. The predicted molar refractivity (Wildman–Crippen MR) is 54.9 cm³/mol. The SMILES string of the molecule is COC(=O)c1[nH]cc(C(=O)N(C)C)c1C. The molecule has 0 fully saturated rings. The third kappa shape index (κ3) is 2.01. The van der Waals surface area contributed by atoms with Crippen LogP contribution >= 0.6 is 0 Å². The Kier molecular flexibility index (Phi) is 3.14. The van der Waals surface area contributed by atoms with Crippen LogP contribution in [0.1, 0.15) is 26.4 Å². The molecule has 0 aromatic carbocycles. The summed E-state index contributed by atoms with van der Waals surface area (Å²) in [6.07, 6.45) is 1.52. The average Bonchev–Trinajstić information content (AvgIpc) is 2.57. The molecule has 1 aromatic heterocycles. The molecule has 0 atom stereocenters. The van der Waals surface area contributed by atoms with Crippen LogP contribution in [0.25, 0.3) is 0 Å². The second kappa shape index (κ2) is 4.16. The van der Waals surface area contributed by atoms with Crippen LogP contribution < -0.4 is 0 Å². The number of hydrogen-bond donors (Lipinski definition) is 1. The summed E-state index contributed by atoms with van der Waals surface area (Å²) in [5.74, 6) is -0.607. The predicted octanol–water partition coefficient (Wildman–Crippen LogP) is 0.812. The fourth-order valence-corrected chi connectivity index (χ4v) is 1.27. The molecule has 0 bridgehead atoms. The maximum atomic E-state index is 11.6. The van der Waals surface area contributed by atoms with Crippen molar-refractivity contribution in [1.82, 2.24) is 9.88 Å². The molecule has 5 heteroatoms. The number of ether oxygens (including phenoxy) is 1. The van der Waals surface area contributed by atoms with E-state index in [0.29, 0.717) is 16.8 Å². The van der Waals surface area contributed by atoms with Gasteiger partial charge >= 0.3 is 5.97 Å². The smallest absolute Gasteiger partial charge is 0.354 e. The van der Waals surface area contributed by atoms with Gasteiger partial charge in [0.15, 0.2) is 0 Å². The Bertz CT molecular complexity index is 393. The van der Waals surface area contributed by atoms with Crippen LogP contribution in [0.5, 0.6) is 0 Å². The lowest BCUT2D eigenvalue weighted by atomic mass is 10.1. The molecule has 0 radical (unpaired) electrons. The summed E-state index contributed by atoms with van der Waals surface area (Å²) in [5.41, 5.74) is 1.42. The zero-order valence-electron chi connectivity index (χ0n) is 9.25. The number of hydrogen-bond acceptors (Lipinski definition) is 3. The van der Waals surface area contributed by atoms with Gasteiger partial charge in [0.1, 0.15) is 5.69 Å². The zero-order valence-corrected chi connectivity index (χ0v) is 9.25. The van der Waals surface area contributed by atoms with Crippen LogP contribution in [0.4, 0.5) is 0 Å². The summed E-state index contributed by atoms with van der Waals surface area (Å²) in [4.78, 5) is 27.1. The highest BCUT2D eigenvalue weighted by molar-refractivity contribution is 5.99. The first-order valence-corrected chi connectivity index (χ1v) is 4.47. The molecule has 0 saturated heterocycles. The van der Waals surface area contributed by atoms with E-state index >= 15 is 0 Å². The fraction of sp³-hybridized carbons (Fsp3) is 0.400. The summed E-state index contributed by atoms with van der Waals surface area (Å²) >= 11 is 0. The Morgan fingerprint density at radius 1 is 1.40 bits per heavy atom. The number of carbonyl (C=O) groups excluding carboxylic acids is 2. The second-order valence-electron chi connectivity index (χ2n) is 3.39. The molecular weight excluding hydrogens is 196 g/mol. The Balaban J connectivity index is 3.09. The third-order valence-electron chi connectivity index (χ3n) is 2.17. The quantitative estimate of drug-likeness (QED) is 0.735. The number of nitrogens with zero attached hydrogens (tertiary/aromatic N) is 1. The van der Waals surface area contributed by atoms with Crippen LogP contribution in [0.2, 0.25) is 0 Å². The largest absolute Gasteiger partial charge is 0.464 e. The standard InChI is InChI=1S/C10H14N2O3/c1-6-7(9(13)12(2)3)5-11-8(6)10(14)15-4/h5,11H,1-4H3. The molecule has 0 aliphatic carbocycles. The molecule has 1 heterocycles. The van der Waals surface area contributed by atoms with E-state index in [1.54, 1.807) is 21.0 Å². The van der Waals surface area contributed by atoms with Crippen molar-refractivity contribution in [2.45, 2.75) is 6.92 Å². The number of aromatic nitrogens is 1. The van der Waals surface area contributed by atoms with Crippen molar-refractivity contribution in [3.8, 4) is 0 Å². The monoisotopic (exact) mass is 210 g/mol. The van der Waals surface area contributed by atoms with Crippen LogP contribution in [0.3, 0.4) is 0 Å². The second-order valence-corrected chi connectivity index (χ2v) is 3.39. The molecule has 1 aromatic rings. The first-order chi connectivity index (χ1) is 6.99. The normalized spacial score (nSPS) is 9.87. The minimum Gasteiger partial charge on any atom is -0.464 e. The van der Waals surface area contributed by atoms with Gasteiger partial charge in [0.05, 0.1) is 12.7 Å². The van der Waals surface area contributed by atoms with E-state index in [4.69, 9.17) is 0 Å². The minimum atomic E-state index is -0.467. The minimum absolute atomic E-state index is 0.140. The first-order valence-electron chi connectivity index (χ1n) is 4.47. The van der Waals surface area contributed by atoms with Crippen LogP contribution in [-0.2, 0) is 4.74 Å². The zero-order chi connectivity index (χ0) is 11.6. The number of amides is 1. The Labute approximate surface area is 88.0 Å². The molecule has 1 amide bonds. The van der Waals surface area contributed by atoms with Crippen molar-refractivity contribution in [1.29, 1.82) is 0 Å². The van der Waals surface area contributed by atoms with Gasteiger partial charge in [-0.15, -0.1) is 0 Å². The van der Waals surface area contributed by atoms with E-state index in [1.807, 2.05) is 0 Å². The fourth-order valence-electron chi connectivity index (χ4n) is 1.27. The van der Waals surface area contributed by atoms with Gasteiger partial charge in [0, 0.05) is 20.3 Å². The van der Waals surface area contributed by atoms with Crippen LogP contribution in [-0.4, -0.2) is 43.0 Å². The lowest BCUT2D eigenvalue weighted by Crippen LogP contribution is -2.22. The number of H-pyrrole nitrogens is 1. The van der Waals surface area contributed by atoms with Gasteiger partial charge in [-0.25, -0.2) is 4.79 Å². The van der Waals surface area contributed by atoms with E-state index in [1.165, 1.54) is 18.2 Å². The molecule has 15 heavy (non-hydrogen) atoms. The van der Waals surface area contributed by atoms with Crippen molar-refractivity contribution in [2.75, 3.05) is 21.2 Å². The highest BCUT2D eigenvalue weighted by Gasteiger charge is 2.19. The summed E-state index contributed by atoms with van der Waals surface area (Å²) in [5, 5.41) is 0. The van der Waals surface area contributed by atoms with E-state index in [9.17, 15) is 9.59 Å². The highest BCUT2D eigenvalue weighted by Crippen LogP contribution is 2.14. The lowest BCUT2D eigenvalue weighted by Gasteiger charge is -2.09. The average molecular weight is 210 g/mol. The summed E-state index contributed by atoms with van der Waals surface area (Å²) in [7, 11) is 4.62. The van der Waals surface area contributed by atoms with E-state index in [-0.39, 0.29) is 5.91 Å². The van der Waals surface area contributed by atoms with Gasteiger partial charge < -0.3 is 14.6 Å². The Morgan fingerprint density at radius 2 is 2.00 bits per heavy atom. The number of methoxy groups -OCH3 is 1. The molecule has 1 rings (SSSR count). The number of rotatable bonds is 2. The maximum absolute atomic E-state index is 11.6. The van der Waals surface area contributed by atoms with E-state index < -0.39 is 5.97 Å². The number of esters is 1. The molecule has 5 nitrogen and oxygen atoms in total. The van der Waals surface area contributed by atoms with E-state index in [2.05, 4.69) is 9.72 Å². The van der Waals surface area contributed by atoms with E-state index in [0.717, 1.165) is 0 Å². The number of aromatic amines is 1. The van der Waals surface area contributed by atoms with Gasteiger partial charge in [-0.3, -0.25) is 4.79 Å². The van der Waals surface area contributed by atoms with Gasteiger partial charge in [-0.05, 0) is 12.5 Å². The molecule has 0 saturated carbocycles. The first kappa shape index (κ1) is 11.3. The molecule has 82 valence electrons. The van der Waals surface area contributed by atoms with Crippen molar-refractivity contribution < 1.29 is 14.3 Å². The van der Waals surface area contributed by atoms with Crippen LogP contribution in [0, 0.1) is 6.92 Å². The van der Waals surface area contributed by atoms with Crippen molar-refractivity contribution in [3.05, 3.63) is 23.0 Å². The number of carbonyl (C=O) groups is 2. The summed E-state index contributed by atoms with van der Waals surface area (Å²) in [6, 6.07) is 0. The molecule has 1 N–H and O–H groups in total. The van der Waals surface area contributed by atoms with Crippen molar-refractivity contribution in [3.63, 3.8) is 0 Å². The summed E-state index contributed by atoms with van der Waals surface area (Å²) in [6.45, 7) is 1.71. The van der Waals surface area contributed by atoms with Gasteiger partial charge in [-0.1, -0.05) is 0 Å². The van der Waals surface area contributed by atoms with Crippen LogP contribution in [0.15, 0.2) is 6.20 Å². The van der Waals surface area contributed by atoms with Crippen molar-refractivity contribution in [2.24, 2.45) is 0 Å². The van der Waals surface area contributed by atoms with Gasteiger partial charge in [-0.2, -0.15) is 0 Å². The lowest BCUT2D eigenvalue weighted by molar-refractivity contribution is 0.0594.